The lowest BCUT2D eigenvalue weighted by atomic mass is 10.1. The molecule has 0 fully saturated rings. The van der Waals surface area contributed by atoms with Gasteiger partial charge >= 0.3 is 5.63 Å². The summed E-state index contributed by atoms with van der Waals surface area (Å²) in [6, 6.07) is 7.28. The summed E-state index contributed by atoms with van der Waals surface area (Å²) in [5.74, 6) is 0. The van der Waals surface area contributed by atoms with Crippen molar-refractivity contribution in [2.45, 2.75) is 13.8 Å². The molecule has 3 heteroatoms. The predicted octanol–water partition coefficient (Wildman–Crippen LogP) is 2.86. The molecule has 0 aliphatic heterocycles. The Labute approximate surface area is 88.7 Å². The number of rotatable bonds is 1. The van der Waals surface area contributed by atoms with E-state index >= 15 is 0 Å². The average Bonchev–Trinajstić information content (AvgIpc) is 2.32. The van der Waals surface area contributed by atoms with Crippen molar-refractivity contribution in [1.82, 2.24) is 0 Å². The second kappa shape index (κ2) is 5.20. The molecule has 2 aromatic rings. The van der Waals surface area contributed by atoms with E-state index in [9.17, 15) is 4.79 Å². The van der Waals surface area contributed by atoms with Gasteiger partial charge in [0.1, 0.15) is 0 Å². The first-order valence-electron chi connectivity index (χ1n) is 5.01. The van der Waals surface area contributed by atoms with Crippen LogP contribution in [0.4, 0.5) is 5.69 Å². The van der Waals surface area contributed by atoms with Crippen LogP contribution >= 0.6 is 0 Å². The fraction of sp³-hybridized carbons (Fsp3) is 0.250. The molecule has 1 N–H and O–H groups in total. The van der Waals surface area contributed by atoms with Crippen molar-refractivity contribution in [3.8, 4) is 0 Å². The van der Waals surface area contributed by atoms with E-state index in [2.05, 4.69) is 5.32 Å². The minimum atomic E-state index is -0.297. The Morgan fingerprint density at radius 1 is 1.13 bits per heavy atom. The van der Waals surface area contributed by atoms with Crippen LogP contribution in [-0.2, 0) is 0 Å². The SMILES string of the molecule is CC.CNc1cccc2c(=O)occc12. The van der Waals surface area contributed by atoms with Crippen LogP contribution in [0.1, 0.15) is 13.8 Å². The van der Waals surface area contributed by atoms with Gasteiger partial charge in [0, 0.05) is 18.1 Å². The Hall–Kier alpha value is -1.77. The van der Waals surface area contributed by atoms with Gasteiger partial charge in [0.15, 0.2) is 0 Å². The first-order chi connectivity index (χ1) is 7.33. The Kier molecular flexibility index (Phi) is 3.92. The molecule has 0 atom stereocenters. The van der Waals surface area contributed by atoms with Crippen LogP contribution in [0.2, 0.25) is 0 Å². The standard InChI is InChI=1S/C10H9NO2.C2H6/c1-11-9-4-2-3-8-7(9)5-6-13-10(8)12;1-2/h2-6,11H,1H3;1-2H3. The molecule has 0 spiro atoms. The third-order valence-corrected chi connectivity index (χ3v) is 2.01. The van der Waals surface area contributed by atoms with E-state index in [0.717, 1.165) is 11.1 Å². The molecule has 1 aromatic heterocycles. The molecule has 0 saturated carbocycles. The number of hydrogen-bond donors (Lipinski definition) is 1. The molecule has 0 saturated heterocycles. The third kappa shape index (κ3) is 2.18. The average molecular weight is 205 g/mol. The quantitative estimate of drug-likeness (QED) is 0.778. The van der Waals surface area contributed by atoms with Gasteiger partial charge in [-0.15, -0.1) is 0 Å². The lowest BCUT2D eigenvalue weighted by molar-refractivity contribution is 0.519. The fourth-order valence-electron chi connectivity index (χ4n) is 1.37. The number of anilines is 1. The zero-order valence-corrected chi connectivity index (χ0v) is 9.20. The highest BCUT2D eigenvalue weighted by atomic mass is 16.4. The lowest BCUT2D eigenvalue weighted by Crippen LogP contribution is -1.99. The minimum Gasteiger partial charge on any atom is -0.431 e. The van der Waals surface area contributed by atoms with Crippen molar-refractivity contribution in [2.24, 2.45) is 0 Å². The van der Waals surface area contributed by atoms with Gasteiger partial charge in [0.25, 0.3) is 0 Å². The summed E-state index contributed by atoms with van der Waals surface area (Å²) in [5.41, 5.74) is 0.639. The van der Waals surface area contributed by atoms with Crippen molar-refractivity contribution < 1.29 is 4.42 Å². The van der Waals surface area contributed by atoms with Gasteiger partial charge in [0.05, 0.1) is 11.6 Å². The summed E-state index contributed by atoms with van der Waals surface area (Å²) < 4.78 is 4.76. The summed E-state index contributed by atoms with van der Waals surface area (Å²) >= 11 is 0. The second-order valence-electron chi connectivity index (χ2n) is 2.72. The molecule has 0 bridgehead atoms. The van der Waals surface area contributed by atoms with Crippen molar-refractivity contribution >= 4 is 16.5 Å². The van der Waals surface area contributed by atoms with E-state index < -0.39 is 0 Å². The van der Waals surface area contributed by atoms with E-state index in [-0.39, 0.29) is 5.63 Å². The Balaban J connectivity index is 0.000000531. The molecule has 15 heavy (non-hydrogen) atoms. The molecule has 0 unspecified atom stereocenters. The summed E-state index contributed by atoms with van der Waals surface area (Å²) in [4.78, 5) is 11.3. The van der Waals surface area contributed by atoms with Gasteiger partial charge in [-0.25, -0.2) is 4.79 Å². The van der Waals surface area contributed by atoms with Crippen LogP contribution in [-0.4, -0.2) is 7.05 Å². The topological polar surface area (TPSA) is 42.2 Å². The van der Waals surface area contributed by atoms with Crippen molar-refractivity contribution in [1.29, 1.82) is 0 Å². The summed E-state index contributed by atoms with van der Waals surface area (Å²) in [6.45, 7) is 4.00. The summed E-state index contributed by atoms with van der Waals surface area (Å²) in [6.07, 6.45) is 1.41. The maximum atomic E-state index is 11.3. The molecule has 0 radical (unpaired) electrons. The fourth-order valence-corrected chi connectivity index (χ4v) is 1.37. The lowest BCUT2D eigenvalue weighted by Gasteiger charge is -2.02. The molecule has 0 aliphatic rings. The molecular formula is C12H15NO2. The molecule has 0 amide bonds. The Morgan fingerprint density at radius 2 is 1.87 bits per heavy atom. The van der Waals surface area contributed by atoms with Gasteiger partial charge in [-0.05, 0) is 18.2 Å². The van der Waals surface area contributed by atoms with E-state index in [0.29, 0.717) is 5.39 Å². The van der Waals surface area contributed by atoms with Crippen molar-refractivity contribution in [3.05, 3.63) is 40.9 Å². The molecule has 2 rings (SSSR count). The van der Waals surface area contributed by atoms with E-state index in [1.807, 2.05) is 33.0 Å². The van der Waals surface area contributed by atoms with Crippen LogP contribution in [0.15, 0.2) is 39.7 Å². The first kappa shape index (κ1) is 11.3. The number of nitrogens with one attached hydrogen (secondary N) is 1. The van der Waals surface area contributed by atoms with Gasteiger partial charge in [-0.1, -0.05) is 19.9 Å². The smallest absolute Gasteiger partial charge is 0.343 e. The van der Waals surface area contributed by atoms with Crippen molar-refractivity contribution in [2.75, 3.05) is 12.4 Å². The highest BCUT2D eigenvalue weighted by Crippen LogP contribution is 2.19. The number of hydrogen-bond acceptors (Lipinski definition) is 3. The number of fused-ring (bicyclic) bond motifs is 1. The van der Waals surface area contributed by atoms with Crippen LogP contribution in [0.25, 0.3) is 10.8 Å². The van der Waals surface area contributed by atoms with Crippen LogP contribution in [0, 0.1) is 0 Å². The Bertz CT molecular complexity index is 488. The van der Waals surface area contributed by atoms with Gasteiger partial charge in [-0.3, -0.25) is 0 Å². The summed E-state index contributed by atoms with van der Waals surface area (Å²) in [7, 11) is 1.82. The monoisotopic (exact) mass is 205 g/mol. The third-order valence-electron chi connectivity index (χ3n) is 2.01. The molecule has 80 valence electrons. The minimum absolute atomic E-state index is 0.297. The molecule has 1 heterocycles. The van der Waals surface area contributed by atoms with Crippen molar-refractivity contribution in [3.63, 3.8) is 0 Å². The molecule has 1 aromatic carbocycles. The largest absolute Gasteiger partial charge is 0.431 e. The highest BCUT2D eigenvalue weighted by Gasteiger charge is 2.01. The van der Waals surface area contributed by atoms with Gasteiger partial charge < -0.3 is 9.73 Å². The second-order valence-corrected chi connectivity index (χ2v) is 2.72. The summed E-state index contributed by atoms with van der Waals surface area (Å²) in [5, 5.41) is 4.51. The normalized spacial score (nSPS) is 9.27. The van der Waals surface area contributed by atoms with E-state index in [1.165, 1.54) is 6.26 Å². The first-order valence-corrected chi connectivity index (χ1v) is 5.01. The zero-order chi connectivity index (χ0) is 11.3. The predicted molar refractivity (Wildman–Crippen MR) is 63.4 cm³/mol. The van der Waals surface area contributed by atoms with E-state index in [1.54, 1.807) is 12.1 Å². The van der Waals surface area contributed by atoms with Gasteiger partial charge in [-0.2, -0.15) is 0 Å². The molecule has 3 nitrogen and oxygen atoms in total. The van der Waals surface area contributed by atoms with Crippen LogP contribution in [0.5, 0.6) is 0 Å². The van der Waals surface area contributed by atoms with Crippen LogP contribution < -0.4 is 10.9 Å². The maximum absolute atomic E-state index is 11.3. The molecule has 0 aliphatic carbocycles. The highest BCUT2D eigenvalue weighted by molar-refractivity contribution is 5.92. The van der Waals surface area contributed by atoms with E-state index in [4.69, 9.17) is 4.42 Å². The zero-order valence-electron chi connectivity index (χ0n) is 9.20. The molecular weight excluding hydrogens is 190 g/mol. The maximum Gasteiger partial charge on any atom is 0.343 e. The van der Waals surface area contributed by atoms with Gasteiger partial charge in [0.2, 0.25) is 0 Å². The Morgan fingerprint density at radius 3 is 2.53 bits per heavy atom. The number of benzene rings is 1. The van der Waals surface area contributed by atoms with Crippen LogP contribution in [0.3, 0.4) is 0 Å².